The van der Waals surface area contributed by atoms with Crippen LogP contribution < -0.4 is 0 Å². The highest BCUT2D eigenvalue weighted by Gasteiger charge is 2.38. The molecule has 0 aromatic heterocycles. The van der Waals surface area contributed by atoms with E-state index in [1.807, 2.05) is 0 Å². The first-order valence-electron chi connectivity index (χ1n) is 5.49. The van der Waals surface area contributed by atoms with E-state index < -0.39 is 0 Å². The Labute approximate surface area is 86.3 Å². The van der Waals surface area contributed by atoms with Crippen molar-refractivity contribution in [2.75, 3.05) is 0 Å². The van der Waals surface area contributed by atoms with Gasteiger partial charge in [0.25, 0.3) is 0 Å². The molecule has 1 rings (SSSR count). The monoisotopic (exact) mass is 196 g/mol. The van der Waals surface area contributed by atoms with Gasteiger partial charge in [-0.3, -0.25) is 0 Å². The Morgan fingerprint density at radius 2 is 2.29 bits per heavy atom. The van der Waals surface area contributed by atoms with Crippen molar-refractivity contribution in [3.05, 3.63) is 11.6 Å². The van der Waals surface area contributed by atoms with Gasteiger partial charge in [-0.15, -0.1) is 0 Å². The topological polar surface area (TPSA) is 29.6 Å². The van der Waals surface area contributed by atoms with Crippen LogP contribution in [-0.4, -0.2) is 12.1 Å². The molecule has 1 fully saturated rings. The maximum atomic E-state index is 10.6. The number of cyclic esters (lactones) is 1. The molecule has 1 aliphatic rings. The molecule has 80 valence electrons. The van der Waals surface area contributed by atoms with Gasteiger partial charge < -0.3 is 4.74 Å². The smallest absolute Gasteiger partial charge is 0.348 e. The van der Waals surface area contributed by atoms with Gasteiger partial charge in [-0.2, -0.15) is 0 Å². The fourth-order valence-electron chi connectivity index (χ4n) is 1.49. The lowest BCUT2D eigenvalue weighted by Crippen LogP contribution is -2.00. The summed E-state index contributed by atoms with van der Waals surface area (Å²) in [5.74, 6) is 0.574. The molecule has 1 aliphatic heterocycles. The molecule has 2 atom stereocenters. The van der Waals surface area contributed by atoms with Crippen molar-refractivity contribution in [3.8, 4) is 0 Å². The van der Waals surface area contributed by atoms with Crippen molar-refractivity contribution >= 4 is 5.97 Å². The molecule has 0 N–H and O–H groups in total. The van der Waals surface area contributed by atoms with Gasteiger partial charge in [-0.1, -0.05) is 25.5 Å². The normalized spacial score (nSPS) is 23.2. The Hall–Kier alpha value is -0.790. The highest BCUT2D eigenvalue weighted by atomic mass is 16.6. The number of ether oxygens (including phenoxy) is 1. The fraction of sp³-hybridized carbons (Fsp3) is 0.750. The Bertz CT molecular complexity index is 230. The first-order chi connectivity index (χ1) is 6.63. The molecule has 0 bridgehead atoms. The number of carbonyl (C=O) groups excluding carboxylic acids is 1. The van der Waals surface area contributed by atoms with E-state index in [1.165, 1.54) is 5.57 Å². The second-order valence-electron chi connectivity index (χ2n) is 4.25. The SMILES string of the molecule is CCC(C)=CCCC(C)CC1OC1=O. The molecular formula is C12H20O2. The lowest BCUT2D eigenvalue weighted by molar-refractivity contribution is -0.117. The minimum atomic E-state index is -0.0683. The van der Waals surface area contributed by atoms with Crippen LogP contribution in [-0.2, 0) is 9.53 Å². The van der Waals surface area contributed by atoms with E-state index in [4.69, 9.17) is 4.74 Å². The van der Waals surface area contributed by atoms with E-state index in [1.54, 1.807) is 0 Å². The van der Waals surface area contributed by atoms with E-state index in [2.05, 4.69) is 26.8 Å². The van der Waals surface area contributed by atoms with Gasteiger partial charge in [0, 0.05) is 0 Å². The Morgan fingerprint density at radius 3 is 2.79 bits per heavy atom. The maximum Gasteiger partial charge on any atom is 0.348 e. The predicted molar refractivity (Wildman–Crippen MR) is 56.9 cm³/mol. The zero-order chi connectivity index (χ0) is 10.6. The van der Waals surface area contributed by atoms with Crippen LogP contribution in [0.25, 0.3) is 0 Å². The average Bonchev–Trinajstić information content (AvgIpc) is 2.81. The molecule has 0 aromatic carbocycles. The van der Waals surface area contributed by atoms with E-state index in [0.717, 1.165) is 25.7 Å². The molecule has 2 heteroatoms. The number of hydrogen-bond acceptors (Lipinski definition) is 2. The van der Waals surface area contributed by atoms with E-state index >= 15 is 0 Å². The van der Waals surface area contributed by atoms with Gasteiger partial charge in [-0.05, 0) is 38.5 Å². The lowest BCUT2D eigenvalue weighted by Gasteiger charge is -2.06. The van der Waals surface area contributed by atoms with Crippen molar-refractivity contribution < 1.29 is 9.53 Å². The molecular weight excluding hydrogens is 176 g/mol. The van der Waals surface area contributed by atoms with Crippen molar-refractivity contribution in [1.82, 2.24) is 0 Å². The van der Waals surface area contributed by atoms with E-state index in [0.29, 0.717) is 5.92 Å². The molecule has 1 saturated heterocycles. The summed E-state index contributed by atoms with van der Waals surface area (Å²) in [7, 11) is 0. The van der Waals surface area contributed by atoms with Crippen LogP contribution >= 0.6 is 0 Å². The maximum absolute atomic E-state index is 10.6. The molecule has 0 amide bonds. The fourth-order valence-corrected chi connectivity index (χ4v) is 1.49. The van der Waals surface area contributed by atoms with Crippen LogP contribution in [0, 0.1) is 5.92 Å². The summed E-state index contributed by atoms with van der Waals surface area (Å²) in [6.07, 6.45) is 6.55. The zero-order valence-corrected chi connectivity index (χ0v) is 9.38. The van der Waals surface area contributed by atoms with Gasteiger partial charge in [0.2, 0.25) is 0 Å². The minimum absolute atomic E-state index is 0.0165. The summed E-state index contributed by atoms with van der Waals surface area (Å²) < 4.78 is 4.78. The van der Waals surface area contributed by atoms with Crippen molar-refractivity contribution in [1.29, 1.82) is 0 Å². The number of rotatable bonds is 6. The highest BCUT2D eigenvalue weighted by molar-refractivity contribution is 5.87. The first-order valence-corrected chi connectivity index (χ1v) is 5.49. The Morgan fingerprint density at radius 1 is 1.64 bits per heavy atom. The molecule has 1 heterocycles. The predicted octanol–water partition coefficient (Wildman–Crippen LogP) is 3.07. The molecule has 14 heavy (non-hydrogen) atoms. The summed E-state index contributed by atoms with van der Waals surface area (Å²) in [5, 5.41) is 0. The second kappa shape index (κ2) is 5.18. The third kappa shape index (κ3) is 3.95. The van der Waals surface area contributed by atoms with Crippen molar-refractivity contribution in [2.24, 2.45) is 5.92 Å². The molecule has 2 nitrogen and oxygen atoms in total. The number of epoxide rings is 1. The lowest BCUT2D eigenvalue weighted by atomic mass is 9.99. The number of hydrogen-bond donors (Lipinski definition) is 0. The van der Waals surface area contributed by atoms with E-state index in [9.17, 15) is 4.79 Å². The zero-order valence-electron chi connectivity index (χ0n) is 9.38. The molecule has 0 aliphatic carbocycles. The quantitative estimate of drug-likeness (QED) is 0.482. The molecule has 0 aromatic rings. The minimum Gasteiger partial charge on any atom is -0.448 e. The summed E-state index contributed by atoms with van der Waals surface area (Å²) >= 11 is 0. The van der Waals surface area contributed by atoms with Crippen LogP contribution in [0.15, 0.2) is 11.6 Å². The van der Waals surface area contributed by atoms with Gasteiger partial charge in [0.05, 0.1) is 0 Å². The summed E-state index contributed by atoms with van der Waals surface area (Å²) in [4.78, 5) is 10.6. The van der Waals surface area contributed by atoms with Crippen molar-refractivity contribution in [3.63, 3.8) is 0 Å². The largest absolute Gasteiger partial charge is 0.448 e. The third-order valence-electron chi connectivity index (χ3n) is 2.79. The average molecular weight is 196 g/mol. The van der Waals surface area contributed by atoms with Gasteiger partial charge in [0.1, 0.15) is 0 Å². The number of carbonyl (C=O) groups is 1. The highest BCUT2D eigenvalue weighted by Crippen LogP contribution is 2.24. The van der Waals surface area contributed by atoms with Crippen LogP contribution in [0.5, 0.6) is 0 Å². The standard InChI is InChI=1S/C12H20O2/c1-4-9(2)6-5-7-10(3)8-11-12(13)14-11/h6,10-11H,4-5,7-8H2,1-3H3. The second-order valence-corrected chi connectivity index (χ2v) is 4.25. The van der Waals surface area contributed by atoms with Crippen LogP contribution in [0.3, 0.4) is 0 Å². The molecule has 0 spiro atoms. The van der Waals surface area contributed by atoms with Gasteiger partial charge >= 0.3 is 5.97 Å². The molecule has 2 unspecified atom stereocenters. The summed E-state index contributed by atoms with van der Waals surface area (Å²) in [6, 6.07) is 0. The van der Waals surface area contributed by atoms with Crippen LogP contribution in [0.2, 0.25) is 0 Å². The van der Waals surface area contributed by atoms with Crippen LogP contribution in [0.4, 0.5) is 0 Å². The Balaban J connectivity index is 2.08. The first kappa shape index (κ1) is 11.3. The summed E-state index contributed by atoms with van der Waals surface area (Å²) in [5.41, 5.74) is 1.45. The third-order valence-corrected chi connectivity index (χ3v) is 2.79. The summed E-state index contributed by atoms with van der Waals surface area (Å²) in [6.45, 7) is 6.52. The van der Waals surface area contributed by atoms with Crippen molar-refractivity contribution in [2.45, 2.75) is 52.6 Å². The number of allylic oxidation sites excluding steroid dienone is 2. The van der Waals surface area contributed by atoms with Gasteiger partial charge in [0.15, 0.2) is 6.10 Å². The Kier molecular flexibility index (Phi) is 4.18. The van der Waals surface area contributed by atoms with Crippen LogP contribution in [0.1, 0.15) is 46.5 Å². The van der Waals surface area contributed by atoms with Gasteiger partial charge in [-0.25, -0.2) is 4.79 Å². The molecule has 0 radical (unpaired) electrons. The molecule has 0 saturated carbocycles. The van der Waals surface area contributed by atoms with E-state index in [-0.39, 0.29) is 12.1 Å².